The molecule has 0 aliphatic heterocycles. The molecule has 3 N–H and O–H groups in total. The quantitative estimate of drug-likeness (QED) is 0.770. The second-order valence-electron chi connectivity index (χ2n) is 3.24. The Balaban J connectivity index is 2.51. The molecule has 15 heavy (non-hydrogen) atoms. The summed E-state index contributed by atoms with van der Waals surface area (Å²) in [5.74, 6) is -1.07. The Hall–Kier alpha value is -1.94. The lowest BCUT2D eigenvalue weighted by Gasteiger charge is -2.06. The Morgan fingerprint density at radius 2 is 2.00 bits per heavy atom. The normalized spacial score (nSPS) is 12.6. The first kappa shape index (κ1) is 9.61. The average Bonchev–Trinajstić information content (AvgIpc) is 2.27. The molecule has 1 atom stereocenters. The highest BCUT2D eigenvalue weighted by Gasteiger charge is 2.15. The van der Waals surface area contributed by atoms with E-state index >= 15 is 0 Å². The van der Waals surface area contributed by atoms with Gasteiger partial charge in [-0.2, -0.15) is 0 Å². The van der Waals surface area contributed by atoms with E-state index in [1.54, 1.807) is 6.07 Å². The highest BCUT2D eigenvalue weighted by molar-refractivity contribution is 5.80. The summed E-state index contributed by atoms with van der Waals surface area (Å²) in [7, 11) is 0. The zero-order chi connectivity index (χ0) is 10.8. The summed E-state index contributed by atoms with van der Waals surface area (Å²) in [6.45, 7) is 0. The molecule has 1 heterocycles. The van der Waals surface area contributed by atoms with Crippen molar-refractivity contribution in [2.75, 3.05) is 0 Å². The van der Waals surface area contributed by atoms with Crippen molar-refractivity contribution >= 4 is 16.9 Å². The van der Waals surface area contributed by atoms with Crippen LogP contribution >= 0.6 is 0 Å². The molecule has 0 unspecified atom stereocenters. The van der Waals surface area contributed by atoms with Crippen LogP contribution in [0.15, 0.2) is 36.4 Å². The van der Waals surface area contributed by atoms with Crippen LogP contribution in [0.5, 0.6) is 0 Å². The number of carbonyl (C=O) groups is 1. The molecule has 0 saturated heterocycles. The third-order valence-corrected chi connectivity index (χ3v) is 2.20. The molecular weight excluding hydrogens is 192 g/mol. The van der Waals surface area contributed by atoms with E-state index in [1.165, 1.54) is 0 Å². The zero-order valence-electron chi connectivity index (χ0n) is 7.92. The molecule has 0 aliphatic rings. The molecule has 2 aromatic rings. The van der Waals surface area contributed by atoms with Gasteiger partial charge in [-0.05, 0) is 12.1 Å². The minimum absolute atomic E-state index is 0.376. The maximum Gasteiger partial charge on any atom is 0.326 e. The minimum atomic E-state index is -1.07. The van der Waals surface area contributed by atoms with Gasteiger partial charge >= 0.3 is 5.97 Å². The Labute approximate surface area is 86.4 Å². The molecule has 2 rings (SSSR count). The third-order valence-electron chi connectivity index (χ3n) is 2.20. The number of nitrogens with two attached hydrogens (primary N) is 1. The fourth-order valence-corrected chi connectivity index (χ4v) is 1.38. The maximum absolute atomic E-state index is 10.7. The van der Waals surface area contributed by atoms with Crippen molar-refractivity contribution in [3.05, 3.63) is 42.1 Å². The van der Waals surface area contributed by atoms with E-state index in [4.69, 9.17) is 10.8 Å². The van der Waals surface area contributed by atoms with Gasteiger partial charge in [0, 0.05) is 5.39 Å². The van der Waals surface area contributed by atoms with Gasteiger partial charge in [-0.1, -0.05) is 24.3 Å². The number of para-hydroxylation sites is 1. The summed E-state index contributed by atoms with van der Waals surface area (Å²) in [5.41, 5.74) is 6.60. The highest BCUT2D eigenvalue weighted by atomic mass is 16.4. The highest BCUT2D eigenvalue weighted by Crippen LogP contribution is 2.15. The van der Waals surface area contributed by atoms with Gasteiger partial charge in [0.2, 0.25) is 0 Å². The molecule has 0 radical (unpaired) electrons. The summed E-state index contributed by atoms with van der Waals surface area (Å²) in [4.78, 5) is 14.9. The standard InChI is InChI=1S/C11H10N2O2/c12-10(11(14)15)9-6-5-7-3-1-2-4-8(7)13-9/h1-6,10H,12H2,(H,14,15)/t10-/m0/s1. The number of aliphatic carboxylic acids is 1. The fraction of sp³-hybridized carbons (Fsp3) is 0.0909. The van der Waals surface area contributed by atoms with Crippen molar-refractivity contribution in [1.29, 1.82) is 0 Å². The Morgan fingerprint density at radius 3 is 2.73 bits per heavy atom. The molecule has 4 heteroatoms. The zero-order valence-corrected chi connectivity index (χ0v) is 7.92. The number of rotatable bonds is 2. The van der Waals surface area contributed by atoms with E-state index in [0.717, 1.165) is 10.9 Å². The second-order valence-corrected chi connectivity index (χ2v) is 3.24. The van der Waals surface area contributed by atoms with E-state index in [9.17, 15) is 4.79 Å². The maximum atomic E-state index is 10.7. The predicted molar refractivity (Wildman–Crippen MR) is 56.3 cm³/mol. The van der Waals surface area contributed by atoms with Crippen LogP contribution in [0.4, 0.5) is 0 Å². The number of aromatic nitrogens is 1. The van der Waals surface area contributed by atoms with Gasteiger partial charge in [-0.3, -0.25) is 9.78 Å². The van der Waals surface area contributed by atoms with Gasteiger partial charge in [0.05, 0.1) is 11.2 Å². The van der Waals surface area contributed by atoms with Gasteiger partial charge in [-0.25, -0.2) is 0 Å². The topological polar surface area (TPSA) is 76.2 Å². The number of hydrogen-bond donors (Lipinski definition) is 2. The fourth-order valence-electron chi connectivity index (χ4n) is 1.38. The summed E-state index contributed by atoms with van der Waals surface area (Å²) in [6.07, 6.45) is 0. The van der Waals surface area contributed by atoms with Crippen molar-refractivity contribution in [3.8, 4) is 0 Å². The number of pyridine rings is 1. The number of benzene rings is 1. The first-order valence-corrected chi connectivity index (χ1v) is 4.52. The van der Waals surface area contributed by atoms with E-state index in [0.29, 0.717) is 5.69 Å². The lowest BCUT2D eigenvalue weighted by molar-refractivity contribution is -0.138. The van der Waals surface area contributed by atoms with Crippen molar-refractivity contribution < 1.29 is 9.90 Å². The Kier molecular flexibility index (Phi) is 2.35. The molecule has 0 saturated carbocycles. The molecule has 0 fully saturated rings. The number of carboxylic acid groups (broad SMARTS) is 1. The molecule has 0 spiro atoms. The van der Waals surface area contributed by atoms with Crippen LogP contribution in [0.1, 0.15) is 11.7 Å². The van der Waals surface area contributed by atoms with Crippen LogP contribution in [0, 0.1) is 0 Å². The summed E-state index contributed by atoms with van der Waals surface area (Å²) in [5, 5.41) is 9.71. The second kappa shape index (κ2) is 3.67. The number of carboxylic acids is 1. The number of nitrogens with zero attached hydrogens (tertiary/aromatic N) is 1. The van der Waals surface area contributed by atoms with Crippen LogP contribution in [0.3, 0.4) is 0 Å². The van der Waals surface area contributed by atoms with Crippen LogP contribution < -0.4 is 5.73 Å². The molecule has 0 bridgehead atoms. The molecular formula is C11H10N2O2. The predicted octanol–water partition coefficient (Wildman–Crippen LogP) is 1.32. The van der Waals surface area contributed by atoms with Gasteiger partial charge in [0.15, 0.2) is 0 Å². The van der Waals surface area contributed by atoms with Gasteiger partial charge in [0.1, 0.15) is 6.04 Å². The van der Waals surface area contributed by atoms with Crippen molar-refractivity contribution in [2.24, 2.45) is 5.73 Å². The summed E-state index contributed by atoms with van der Waals surface area (Å²) >= 11 is 0. The van der Waals surface area contributed by atoms with Gasteiger partial charge in [-0.15, -0.1) is 0 Å². The number of hydrogen-bond acceptors (Lipinski definition) is 3. The van der Waals surface area contributed by atoms with Crippen molar-refractivity contribution in [1.82, 2.24) is 4.98 Å². The van der Waals surface area contributed by atoms with Crippen LogP contribution in [-0.2, 0) is 4.79 Å². The molecule has 4 nitrogen and oxygen atoms in total. The first-order valence-electron chi connectivity index (χ1n) is 4.52. The minimum Gasteiger partial charge on any atom is -0.480 e. The van der Waals surface area contributed by atoms with E-state index in [2.05, 4.69) is 4.98 Å². The van der Waals surface area contributed by atoms with E-state index < -0.39 is 12.0 Å². The SMILES string of the molecule is N[C@H](C(=O)O)c1ccc2ccccc2n1. The van der Waals surface area contributed by atoms with Crippen LogP contribution in [0.2, 0.25) is 0 Å². The molecule has 0 aliphatic carbocycles. The third kappa shape index (κ3) is 1.80. The summed E-state index contributed by atoms with van der Waals surface area (Å²) < 4.78 is 0. The van der Waals surface area contributed by atoms with E-state index in [-0.39, 0.29) is 0 Å². The first-order chi connectivity index (χ1) is 7.18. The Morgan fingerprint density at radius 1 is 1.27 bits per heavy atom. The largest absolute Gasteiger partial charge is 0.480 e. The van der Waals surface area contributed by atoms with E-state index in [1.807, 2.05) is 30.3 Å². The lowest BCUT2D eigenvalue weighted by Crippen LogP contribution is -2.21. The lowest BCUT2D eigenvalue weighted by atomic mass is 10.1. The Bertz CT molecular complexity index is 511. The molecule has 0 amide bonds. The smallest absolute Gasteiger partial charge is 0.326 e. The molecule has 1 aromatic heterocycles. The van der Waals surface area contributed by atoms with Crippen LogP contribution in [-0.4, -0.2) is 16.1 Å². The van der Waals surface area contributed by atoms with Crippen molar-refractivity contribution in [3.63, 3.8) is 0 Å². The average molecular weight is 202 g/mol. The van der Waals surface area contributed by atoms with Crippen molar-refractivity contribution in [2.45, 2.75) is 6.04 Å². The molecule has 76 valence electrons. The van der Waals surface area contributed by atoms with Crippen LogP contribution in [0.25, 0.3) is 10.9 Å². The monoisotopic (exact) mass is 202 g/mol. The number of fused-ring (bicyclic) bond motifs is 1. The van der Waals surface area contributed by atoms with Gasteiger partial charge < -0.3 is 10.8 Å². The van der Waals surface area contributed by atoms with Gasteiger partial charge in [0.25, 0.3) is 0 Å². The molecule has 1 aromatic carbocycles. The summed E-state index contributed by atoms with van der Waals surface area (Å²) in [6, 6.07) is 9.90.